The van der Waals surface area contributed by atoms with E-state index >= 15 is 0 Å². The zero-order valence-corrected chi connectivity index (χ0v) is 39.6. The molecule has 0 saturated carbocycles. The van der Waals surface area contributed by atoms with Crippen LogP contribution < -0.4 is 10.6 Å². The first-order valence-corrected chi connectivity index (χ1v) is 25.2. The molecule has 41 heteroatoms. The quantitative estimate of drug-likeness (QED) is 0.0334. The molecule has 4 saturated heterocycles. The van der Waals surface area contributed by atoms with E-state index in [4.69, 9.17) is 37.9 Å². The number of ether oxygens (including phenoxy) is 8. The van der Waals surface area contributed by atoms with E-state index in [-0.39, 0.29) is 0 Å². The van der Waals surface area contributed by atoms with Gasteiger partial charge in [0.25, 0.3) is 0 Å². The zero-order chi connectivity index (χ0) is 54.6. The van der Waals surface area contributed by atoms with Gasteiger partial charge in [0.1, 0.15) is 85.3 Å². The molecule has 13 N–H and O–H groups in total. The molecular formula is C31H48N2O35S4. The van der Waals surface area contributed by atoms with Crippen molar-refractivity contribution < 1.29 is 161 Å². The summed E-state index contributed by atoms with van der Waals surface area (Å²) in [6.45, 7) is 1.47. The number of aliphatic hydroxyl groups is 5. The Morgan fingerprint density at radius 1 is 0.514 bits per heavy atom. The molecule has 0 radical (unpaired) electrons. The van der Waals surface area contributed by atoms with Crippen LogP contribution in [0.2, 0.25) is 0 Å². The first-order chi connectivity index (χ1) is 33.0. The van der Waals surface area contributed by atoms with Gasteiger partial charge in [-0.05, 0) is 0 Å². The largest absolute Gasteiger partial charge is 0.479 e. The van der Waals surface area contributed by atoms with Crippen LogP contribution in [0.25, 0.3) is 0 Å². The van der Waals surface area contributed by atoms with E-state index < -0.39 is 208 Å². The average Bonchev–Trinajstić information content (AvgIpc) is 3.22. The van der Waals surface area contributed by atoms with Gasteiger partial charge >= 0.3 is 53.5 Å². The minimum Gasteiger partial charge on any atom is -0.479 e. The zero-order valence-electron chi connectivity index (χ0n) is 36.3. The Bertz CT molecular complexity index is 2390. The highest BCUT2D eigenvalue weighted by molar-refractivity contribution is 7.81. The molecule has 2 amide bonds. The van der Waals surface area contributed by atoms with Gasteiger partial charge in [0.2, 0.25) is 11.8 Å². The number of carboxylic acids is 2. The van der Waals surface area contributed by atoms with Gasteiger partial charge < -0.3 is 84.3 Å². The minimum atomic E-state index is -5.84. The van der Waals surface area contributed by atoms with Gasteiger partial charge in [0, 0.05) is 13.8 Å². The maximum Gasteiger partial charge on any atom is 0.397 e. The molecule has 72 heavy (non-hydrogen) atoms. The molecule has 37 nitrogen and oxygen atoms in total. The van der Waals surface area contributed by atoms with Crippen LogP contribution in [0, 0.1) is 0 Å². The summed E-state index contributed by atoms with van der Waals surface area (Å²) in [5, 5.41) is 78.7. The molecule has 0 bridgehead atoms. The average molecular weight is 1140 g/mol. The predicted molar refractivity (Wildman–Crippen MR) is 214 cm³/mol. The van der Waals surface area contributed by atoms with Crippen LogP contribution in [0.1, 0.15) is 13.8 Å². The second-order valence-corrected chi connectivity index (χ2v) is 19.6. The monoisotopic (exact) mass is 1140 g/mol. The summed E-state index contributed by atoms with van der Waals surface area (Å²) < 4.78 is 195. The summed E-state index contributed by atoms with van der Waals surface area (Å²) in [5.41, 5.74) is 0. The highest BCUT2D eigenvalue weighted by Gasteiger charge is 2.59. The van der Waals surface area contributed by atoms with Crippen LogP contribution in [-0.2, 0) is 115 Å². The summed E-state index contributed by atoms with van der Waals surface area (Å²) in [6.07, 6.45) is -44.1. The number of carbonyl (C=O) groups is 4. The summed E-state index contributed by atoms with van der Waals surface area (Å²) in [7, 11) is -22.5. The summed E-state index contributed by atoms with van der Waals surface area (Å²) in [4.78, 5) is 49.9. The van der Waals surface area contributed by atoms with Crippen molar-refractivity contribution in [2.24, 2.45) is 0 Å². The molecule has 416 valence electrons. The topological polar surface area (TPSA) is 562 Å². The fourth-order valence-electron chi connectivity index (χ4n) is 7.34. The number of aliphatic hydroxyl groups excluding tert-OH is 5. The molecule has 0 aliphatic carbocycles. The van der Waals surface area contributed by atoms with Gasteiger partial charge in [0.05, 0.1) is 19.8 Å². The maximum absolute atomic E-state index is 12.9. The number of amides is 2. The van der Waals surface area contributed by atoms with Crippen molar-refractivity contribution in [3.05, 3.63) is 12.7 Å². The number of aliphatic carboxylic acids is 2. The van der Waals surface area contributed by atoms with Crippen LogP contribution in [0.5, 0.6) is 0 Å². The van der Waals surface area contributed by atoms with Crippen LogP contribution >= 0.6 is 0 Å². The molecule has 10 unspecified atom stereocenters. The van der Waals surface area contributed by atoms with Crippen molar-refractivity contribution in [1.29, 1.82) is 0 Å². The SMILES string of the molecule is C=CCO[C@@H]1OC(COS(=O)(=O)O)[C@H](OS(=O)(=O)O)[C@H](O[C@@H]2OC(C(=O)O)[C@H](O[C@@H]3OC(COS(=O)(=O)O)[C@H](OS(=O)(=O)O)[C@H](O[C@@H]4OC(C(=O)O)C(O)C(O)C4O)C3NC(C)=O)[C@H](O)C2O)C1NC(C)=O. The van der Waals surface area contributed by atoms with E-state index in [0.717, 1.165) is 19.9 Å². The fourth-order valence-corrected chi connectivity index (χ4v) is 8.99. The molecule has 20 atom stereocenters. The van der Waals surface area contributed by atoms with Crippen molar-refractivity contribution in [3.63, 3.8) is 0 Å². The Morgan fingerprint density at radius 3 is 1.29 bits per heavy atom. The van der Waals surface area contributed by atoms with Gasteiger partial charge in [-0.1, -0.05) is 6.08 Å². The summed E-state index contributed by atoms with van der Waals surface area (Å²) >= 11 is 0. The first-order valence-electron chi connectivity index (χ1n) is 19.8. The van der Waals surface area contributed by atoms with E-state index in [0.29, 0.717) is 0 Å². The van der Waals surface area contributed by atoms with E-state index in [2.05, 4.69) is 28.6 Å². The third-order valence-electron chi connectivity index (χ3n) is 10.1. The van der Waals surface area contributed by atoms with E-state index in [1.807, 2.05) is 5.32 Å². The van der Waals surface area contributed by atoms with Gasteiger partial charge in [-0.3, -0.25) is 27.8 Å². The molecule has 0 aromatic rings. The third-order valence-corrected chi connectivity index (χ3v) is 11.9. The standard InChI is InChI=1S/C31H48N2O35S4/c1-4-5-57-28-12(32-8(2)34)21(19(67-71(51,52)53)10(60-28)6-58-69(45,46)47)62-31-18(40)16(38)23(25(66-31)27(43)44)64-29-13(33-9(3)35)22(63-30-17(39)14(36)15(37)24(65-30)26(41)42)20(68-72(54,55)56)11(61-29)7-59-70(48,49)50/h4,10-25,28-31,36-40H,1,5-7H2,2-3H3,(H,32,34)(H,33,35)(H,41,42)(H,43,44)(H,45,46,47)(H,48,49,50)(H,51,52,53)(H,54,55,56)/t10?,11?,12?,13?,14?,15?,16-,17?,18?,19+,20+,21-,22-,23-,24?,25?,28-,29+,30-,31-/m1/s1. The Balaban J connectivity index is 1.83. The van der Waals surface area contributed by atoms with Crippen molar-refractivity contribution in [2.75, 3.05) is 19.8 Å². The molecule has 0 aromatic carbocycles. The number of carboxylic acid groups (broad SMARTS) is 2. The minimum absolute atomic E-state index is 0.479. The number of carbonyl (C=O) groups excluding carboxylic acids is 2. The van der Waals surface area contributed by atoms with Crippen molar-refractivity contribution in [2.45, 2.75) is 137 Å². The van der Waals surface area contributed by atoms with Crippen LogP contribution in [0.3, 0.4) is 0 Å². The molecule has 4 aliphatic heterocycles. The van der Waals surface area contributed by atoms with E-state index in [1.165, 1.54) is 0 Å². The molecule has 4 aliphatic rings. The number of nitrogens with one attached hydrogen (secondary N) is 2. The van der Waals surface area contributed by atoms with Crippen molar-refractivity contribution in [3.8, 4) is 0 Å². The van der Waals surface area contributed by atoms with Crippen LogP contribution in [-0.4, -0.2) is 254 Å². The summed E-state index contributed by atoms with van der Waals surface area (Å²) in [5.74, 6) is -6.41. The van der Waals surface area contributed by atoms with Crippen LogP contribution in [0.15, 0.2) is 12.7 Å². The normalized spacial score (nSPS) is 38.0. The Labute approximate surface area is 405 Å². The van der Waals surface area contributed by atoms with Gasteiger partial charge in [-0.25, -0.2) is 26.3 Å². The second kappa shape index (κ2) is 24.5. The second-order valence-electron chi connectivity index (χ2n) is 15.3. The Morgan fingerprint density at radius 2 is 0.903 bits per heavy atom. The van der Waals surface area contributed by atoms with Crippen molar-refractivity contribution >= 4 is 65.3 Å². The number of rotatable bonds is 23. The molecule has 4 rings (SSSR count). The molecular weight excluding hydrogens is 1090 g/mol. The lowest BCUT2D eigenvalue weighted by Gasteiger charge is -2.50. The molecule has 4 heterocycles. The van der Waals surface area contributed by atoms with Gasteiger partial charge in [0.15, 0.2) is 37.4 Å². The number of hydrogen-bond donors (Lipinski definition) is 13. The van der Waals surface area contributed by atoms with Crippen LogP contribution in [0.4, 0.5) is 0 Å². The lowest BCUT2D eigenvalue weighted by atomic mass is 9.94. The highest BCUT2D eigenvalue weighted by Crippen LogP contribution is 2.37. The third kappa shape index (κ3) is 16.8. The van der Waals surface area contributed by atoms with E-state index in [9.17, 15) is 107 Å². The first kappa shape index (κ1) is 61.1. The number of hydrogen-bond acceptors (Lipinski definition) is 29. The highest BCUT2D eigenvalue weighted by atomic mass is 32.3. The molecule has 0 spiro atoms. The lowest BCUT2D eigenvalue weighted by Crippen LogP contribution is -2.71. The Hall–Kier alpha value is -3.42. The lowest BCUT2D eigenvalue weighted by molar-refractivity contribution is -0.367. The van der Waals surface area contributed by atoms with Gasteiger partial charge in [-0.15, -0.1) is 6.58 Å². The Kier molecular flexibility index (Phi) is 20.8. The maximum atomic E-state index is 12.9. The molecule has 4 fully saturated rings. The summed E-state index contributed by atoms with van der Waals surface area (Å²) in [6, 6.07) is -4.30. The van der Waals surface area contributed by atoms with Crippen molar-refractivity contribution in [1.82, 2.24) is 10.6 Å². The fraction of sp³-hybridized carbons (Fsp3) is 0.806. The smallest absolute Gasteiger partial charge is 0.397 e. The predicted octanol–water partition coefficient (Wildman–Crippen LogP) is -8.76. The van der Waals surface area contributed by atoms with Gasteiger partial charge in [-0.2, -0.15) is 33.7 Å². The van der Waals surface area contributed by atoms with E-state index in [1.54, 1.807) is 0 Å². The molecule has 0 aromatic heterocycles.